The zero-order valence-electron chi connectivity index (χ0n) is 11.4. The van der Waals surface area contributed by atoms with Gasteiger partial charge in [0.05, 0.1) is 12.2 Å². The van der Waals surface area contributed by atoms with Crippen molar-refractivity contribution < 1.29 is 9.47 Å². The van der Waals surface area contributed by atoms with E-state index in [1.54, 1.807) is 0 Å². The molecule has 1 aromatic rings. The average molecular weight is 237 g/mol. The van der Waals surface area contributed by atoms with E-state index >= 15 is 0 Å². The van der Waals surface area contributed by atoms with Crippen LogP contribution in [0.2, 0.25) is 0 Å². The molecular formula is C14H23NO2. The fourth-order valence-corrected chi connectivity index (χ4v) is 1.56. The van der Waals surface area contributed by atoms with Crippen molar-refractivity contribution in [2.75, 3.05) is 7.05 Å². The van der Waals surface area contributed by atoms with Gasteiger partial charge < -0.3 is 14.8 Å². The molecule has 0 aliphatic heterocycles. The molecule has 0 aromatic heterocycles. The number of rotatable bonds is 6. The Kier molecular flexibility index (Phi) is 5.29. The summed E-state index contributed by atoms with van der Waals surface area (Å²) in [5.41, 5.74) is 1.19. The van der Waals surface area contributed by atoms with Crippen LogP contribution in [0.15, 0.2) is 18.2 Å². The molecule has 3 heteroatoms. The zero-order valence-corrected chi connectivity index (χ0v) is 11.4. The largest absolute Gasteiger partial charge is 0.487 e. The molecule has 0 unspecified atom stereocenters. The van der Waals surface area contributed by atoms with Gasteiger partial charge in [0.2, 0.25) is 0 Å². The lowest BCUT2D eigenvalue weighted by Crippen LogP contribution is -2.12. The maximum absolute atomic E-state index is 5.78. The van der Waals surface area contributed by atoms with E-state index in [1.807, 2.05) is 46.9 Å². The maximum Gasteiger partial charge on any atom is 0.161 e. The average Bonchev–Trinajstić information content (AvgIpc) is 2.21. The molecule has 0 amide bonds. The minimum absolute atomic E-state index is 0.148. The Bertz CT molecular complexity index is 348. The van der Waals surface area contributed by atoms with E-state index in [0.29, 0.717) is 0 Å². The number of nitrogens with one attached hydrogen (secondary N) is 1. The van der Waals surface area contributed by atoms with Crippen LogP contribution in [0.4, 0.5) is 0 Å². The first-order valence-corrected chi connectivity index (χ1v) is 6.13. The summed E-state index contributed by atoms with van der Waals surface area (Å²) in [4.78, 5) is 0. The Balaban J connectivity index is 2.94. The van der Waals surface area contributed by atoms with Crippen LogP contribution in [0, 0.1) is 0 Å². The van der Waals surface area contributed by atoms with Gasteiger partial charge in [-0.2, -0.15) is 0 Å². The first-order chi connectivity index (χ1) is 8.02. The van der Waals surface area contributed by atoms with Crippen molar-refractivity contribution >= 4 is 0 Å². The van der Waals surface area contributed by atoms with Gasteiger partial charge in [-0.15, -0.1) is 0 Å². The fraction of sp³-hybridized carbons (Fsp3) is 0.571. The minimum Gasteiger partial charge on any atom is -0.487 e. The predicted octanol–water partition coefficient (Wildman–Crippen LogP) is 2.98. The summed E-state index contributed by atoms with van der Waals surface area (Å²) in [5.74, 6) is 1.63. The molecule has 0 radical (unpaired) electrons. The van der Waals surface area contributed by atoms with Crippen molar-refractivity contribution in [2.24, 2.45) is 0 Å². The number of hydrogen-bond donors (Lipinski definition) is 1. The summed E-state index contributed by atoms with van der Waals surface area (Å²) in [6.07, 6.45) is 0.300. The van der Waals surface area contributed by atoms with Gasteiger partial charge in [0.25, 0.3) is 0 Å². The van der Waals surface area contributed by atoms with E-state index < -0.39 is 0 Å². The highest BCUT2D eigenvalue weighted by Crippen LogP contribution is 2.30. The fourth-order valence-electron chi connectivity index (χ4n) is 1.56. The van der Waals surface area contributed by atoms with Gasteiger partial charge in [-0.05, 0) is 52.4 Å². The summed E-state index contributed by atoms with van der Waals surface area (Å²) in [7, 11) is 1.93. The molecule has 1 rings (SSSR count). The van der Waals surface area contributed by atoms with Crippen LogP contribution < -0.4 is 14.8 Å². The highest BCUT2D eigenvalue weighted by molar-refractivity contribution is 5.43. The van der Waals surface area contributed by atoms with Crippen molar-refractivity contribution in [3.05, 3.63) is 23.8 Å². The SMILES string of the molecule is CNCc1ccc(OC(C)C)c(OC(C)C)c1. The third-order valence-corrected chi connectivity index (χ3v) is 2.11. The van der Waals surface area contributed by atoms with Gasteiger partial charge in [0.1, 0.15) is 0 Å². The van der Waals surface area contributed by atoms with Gasteiger partial charge >= 0.3 is 0 Å². The molecule has 0 saturated heterocycles. The second-order valence-electron chi connectivity index (χ2n) is 4.64. The van der Waals surface area contributed by atoms with Crippen molar-refractivity contribution in [3.63, 3.8) is 0 Å². The summed E-state index contributed by atoms with van der Waals surface area (Å²) in [6, 6.07) is 6.07. The van der Waals surface area contributed by atoms with Crippen molar-refractivity contribution in [2.45, 2.75) is 46.4 Å². The van der Waals surface area contributed by atoms with Gasteiger partial charge in [0, 0.05) is 6.54 Å². The van der Waals surface area contributed by atoms with Crippen LogP contribution in [-0.2, 0) is 6.54 Å². The number of ether oxygens (including phenoxy) is 2. The number of benzene rings is 1. The van der Waals surface area contributed by atoms with Crippen LogP contribution in [0.3, 0.4) is 0 Å². The monoisotopic (exact) mass is 237 g/mol. The van der Waals surface area contributed by atoms with Gasteiger partial charge in [-0.1, -0.05) is 6.07 Å². The third-order valence-electron chi connectivity index (χ3n) is 2.11. The second-order valence-corrected chi connectivity index (χ2v) is 4.64. The summed E-state index contributed by atoms with van der Waals surface area (Å²) < 4.78 is 11.5. The Labute approximate surface area is 104 Å². The minimum atomic E-state index is 0.148. The lowest BCUT2D eigenvalue weighted by Gasteiger charge is -2.18. The van der Waals surface area contributed by atoms with Crippen molar-refractivity contribution in [1.82, 2.24) is 5.32 Å². The highest BCUT2D eigenvalue weighted by Gasteiger charge is 2.09. The second kappa shape index (κ2) is 6.50. The van der Waals surface area contributed by atoms with Crippen LogP contribution >= 0.6 is 0 Å². The first kappa shape index (κ1) is 13.8. The molecule has 0 aliphatic rings. The molecule has 1 N–H and O–H groups in total. The van der Waals surface area contributed by atoms with E-state index in [1.165, 1.54) is 5.56 Å². The lowest BCUT2D eigenvalue weighted by molar-refractivity contribution is 0.198. The molecule has 0 heterocycles. The quantitative estimate of drug-likeness (QED) is 0.825. The standard InChI is InChI=1S/C14H23NO2/c1-10(2)16-13-7-6-12(9-15-5)8-14(13)17-11(3)4/h6-8,10-11,15H,9H2,1-5H3. The van der Waals surface area contributed by atoms with Crippen LogP contribution in [0.1, 0.15) is 33.3 Å². The number of hydrogen-bond acceptors (Lipinski definition) is 3. The van der Waals surface area contributed by atoms with Crippen molar-refractivity contribution in [3.8, 4) is 11.5 Å². The van der Waals surface area contributed by atoms with Gasteiger partial charge in [0.15, 0.2) is 11.5 Å². The van der Waals surface area contributed by atoms with E-state index in [2.05, 4.69) is 11.4 Å². The molecule has 1 aromatic carbocycles. The molecule has 96 valence electrons. The van der Waals surface area contributed by atoms with Crippen LogP contribution in [-0.4, -0.2) is 19.3 Å². The topological polar surface area (TPSA) is 30.5 Å². The smallest absolute Gasteiger partial charge is 0.161 e. The normalized spacial score (nSPS) is 11.0. The van der Waals surface area contributed by atoms with Crippen LogP contribution in [0.5, 0.6) is 11.5 Å². The maximum atomic E-state index is 5.78. The van der Waals surface area contributed by atoms with Crippen LogP contribution in [0.25, 0.3) is 0 Å². The molecule has 0 spiro atoms. The first-order valence-electron chi connectivity index (χ1n) is 6.13. The van der Waals surface area contributed by atoms with Gasteiger partial charge in [-0.3, -0.25) is 0 Å². The van der Waals surface area contributed by atoms with Gasteiger partial charge in [-0.25, -0.2) is 0 Å². The van der Waals surface area contributed by atoms with E-state index in [0.717, 1.165) is 18.0 Å². The Hall–Kier alpha value is -1.22. The molecule has 0 atom stereocenters. The Morgan fingerprint density at radius 2 is 1.59 bits per heavy atom. The highest BCUT2D eigenvalue weighted by atomic mass is 16.5. The molecule has 0 aliphatic carbocycles. The summed E-state index contributed by atoms with van der Waals surface area (Å²) in [6.45, 7) is 8.89. The third kappa shape index (κ3) is 4.65. The Morgan fingerprint density at radius 1 is 1.00 bits per heavy atom. The Morgan fingerprint density at radius 3 is 2.12 bits per heavy atom. The predicted molar refractivity (Wildman–Crippen MR) is 70.7 cm³/mol. The summed E-state index contributed by atoms with van der Waals surface area (Å²) >= 11 is 0. The molecule has 0 bridgehead atoms. The zero-order chi connectivity index (χ0) is 12.8. The van der Waals surface area contributed by atoms with Crippen molar-refractivity contribution in [1.29, 1.82) is 0 Å². The molecule has 0 saturated carbocycles. The van der Waals surface area contributed by atoms with E-state index in [9.17, 15) is 0 Å². The molecule has 17 heavy (non-hydrogen) atoms. The molecular weight excluding hydrogens is 214 g/mol. The van der Waals surface area contributed by atoms with E-state index in [4.69, 9.17) is 9.47 Å². The molecule has 3 nitrogen and oxygen atoms in total. The summed E-state index contributed by atoms with van der Waals surface area (Å²) in [5, 5.41) is 3.13. The molecule has 0 fully saturated rings. The lowest BCUT2D eigenvalue weighted by atomic mass is 10.2. The van der Waals surface area contributed by atoms with E-state index in [-0.39, 0.29) is 12.2 Å².